The third-order valence-corrected chi connectivity index (χ3v) is 3.65. The van der Waals surface area contributed by atoms with Crippen LogP contribution in [0.2, 0.25) is 0 Å². The Morgan fingerprint density at radius 3 is 2.50 bits per heavy atom. The number of hydrogen-bond donors (Lipinski definition) is 0. The lowest BCUT2D eigenvalue weighted by Gasteiger charge is -2.37. The van der Waals surface area contributed by atoms with Crippen molar-refractivity contribution in [2.75, 3.05) is 33.2 Å². The first-order valence-corrected chi connectivity index (χ1v) is 5.63. The number of hydrogen-bond acceptors (Lipinski definition) is 3. The second-order valence-electron chi connectivity index (χ2n) is 4.57. The normalized spacial score (nSPS) is 35.7. The molecule has 0 amide bonds. The van der Waals surface area contributed by atoms with Crippen LogP contribution < -0.4 is 0 Å². The Morgan fingerprint density at radius 1 is 1.14 bits per heavy atom. The maximum atomic E-state index is 9.03. The topological polar surface area (TPSA) is 30.3 Å². The van der Waals surface area contributed by atoms with Crippen LogP contribution in [0.25, 0.3) is 0 Å². The molecule has 2 aliphatic rings. The smallest absolute Gasteiger partial charge is 0.0672 e. The molecule has 1 heterocycles. The number of rotatable bonds is 1. The van der Waals surface area contributed by atoms with Crippen LogP contribution in [0, 0.1) is 17.2 Å². The fourth-order valence-corrected chi connectivity index (χ4v) is 2.68. The van der Waals surface area contributed by atoms with Crippen molar-refractivity contribution in [2.45, 2.75) is 25.3 Å². The Morgan fingerprint density at radius 2 is 1.86 bits per heavy atom. The molecule has 1 saturated carbocycles. The summed E-state index contributed by atoms with van der Waals surface area (Å²) in [5.74, 6) is 0.304. The summed E-state index contributed by atoms with van der Waals surface area (Å²) in [6.45, 7) is 4.63. The molecule has 1 aliphatic carbocycles. The van der Waals surface area contributed by atoms with Gasteiger partial charge < -0.3 is 4.90 Å². The van der Waals surface area contributed by atoms with E-state index in [1.54, 1.807) is 0 Å². The molecule has 0 aromatic rings. The third kappa shape index (κ3) is 1.92. The molecule has 0 bridgehead atoms. The van der Waals surface area contributed by atoms with Crippen LogP contribution in [-0.2, 0) is 0 Å². The first-order chi connectivity index (χ1) is 6.81. The van der Waals surface area contributed by atoms with Crippen LogP contribution in [0.5, 0.6) is 0 Å². The lowest BCUT2D eigenvalue weighted by molar-refractivity contribution is 0.102. The zero-order valence-electron chi connectivity index (χ0n) is 8.95. The molecule has 2 unspecified atom stereocenters. The van der Waals surface area contributed by atoms with E-state index in [1.807, 2.05) is 0 Å². The Hall–Kier alpha value is -0.590. The SMILES string of the molecule is CN1CCN(C2CCCC2C#N)CC1. The molecule has 0 aromatic carbocycles. The molecular weight excluding hydrogens is 174 g/mol. The summed E-state index contributed by atoms with van der Waals surface area (Å²) >= 11 is 0. The van der Waals surface area contributed by atoms with Crippen LogP contribution >= 0.6 is 0 Å². The molecule has 78 valence electrons. The quantitative estimate of drug-likeness (QED) is 0.620. The van der Waals surface area contributed by atoms with E-state index in [0.29, 0.717) is 12.0 Å². The van der Waals surface area contributed by atoms with Gasteiger partial charge in [-0.3, -0.25) is 4.90 Å². The Bertz CT molecular complexity index is 225. The highest BCUT2D eigenvalue weighted by atomic mass is 15.3. The van der Waals surface area contributed by atoms with Gasteiger partial charge in [0.05, 0.1) is 12.0 Å². The molecule has 0 N–H and O–H groups in total. The second-order valence-corrected chi connectivity index (χ2v) is 4.57. The summed E-state index contributed by atoms with van der Waals surface area (Å²) in [5, 5.41) is 9.03. The van der Waals surface area contributed by atoms with Gasteiger partial charge in [0, 0.05) is 32.2 Å². The standard InChI is InChI=1S/C11H19N3/c1-13-5-7-14(8-6-13)11-4-2-3-10(11)9-12/h10-11H,2-8H2,1H3. The van der Waals surface area contributed by atoms with Crippen molar-refractivity contribution in [1.82, 2.24) is 9.80 Å². The van der Waals surface area contributed by atoms with Crippen LogP contribution in [0.4, 0.5) is 0 Å². The molecule has 2 fully saturated rings. The monoisotopic (exact) mass is 193 g/mol. The summed E-state index contributed by atoms with van der Waals surface area (Å²) in [6, 6.07) is 3.03. The van der Waals surface area contributed by atoms with Crippen LogP contribution in [0.15, 0.2) is 0 Å². The zero-order valence-corrected chi connectivity index (χ0v) is 8.95. The van der Waals surface area contributed by atoms with E-state index in [1.165, 1.54) is 12.8 Å². The van der Waals surface area contributed by atoms with E-state index in [2.05, 4.69) is 22.9 Å². The molecule has 1 saturated heterocycles. The Kier molecular flexibility index (Phi) is 3.05. The van der Waals surface area contributed by atoms with Crippen molar-refractivity contribution in [3.63, 3.8) is 0 Å². The molecule has 2 atom stereocenters. The fourth-order valence-electron chi connectivity index (χ4n) is 2.68. The predicted molar refractivity (Wildman–Crippen MR) is 55.8 cm³/mol. The third-order valence-electron chi connectivity index (χ3n) is 3.65. The van der Waals surface area contributed by atoms with Crippen molar-refractivity contribution in [2.24, 2.45) is 5.92 Å². The van der Waals surface area contributed by atoms with Crippen molar-refractivity contribution < 1.29 is 0 Å². The molecule has 0 radical (unpaired) electrons. The fraction of sp³-hybridized carbons (Fsp3) is 0.909. The summed E-state index contributed by atoms with van der Waals surface area (Å²) < 4.78 is 0. The molecule has 2 rings (SSSR count). The number of piperazine rings is 1. The van der Waals surface area contributed by atoms with Crippen molar-refractivity contribution in [1.29, 1.82) is 5.26 Å². The van der Waals surface area contributed by atoms with E-state index >= 15 is 0 Å². The summed E-state index contributed by atoms with van der Waals surface area (Å²) in [4.78, 5) is 4.90. The minimum Gasteiger partial charge on any atom is -0.304 e. The van der Waals surface area contributed by atoms with Gasteiger partial charge in [0.15, 0.2) is 0 Å². The first kappa shape index (κ1) is 9.95. The number of nitriles is 1. The van der Waals surface area contributed by atoms with Gasteiger partial charge in [-0.15, -0.1) is 0 Å². The van der Waals surface area contributed by atoms with Gasteiger partial charge in [-0.1, -0.05) is 6.42 Å². The van der Waals surface area contributed by atoms with Gasteiger partial charge in [0.1, 0.15) is 0 Å². The van der Waals surface area contributed by atoms with Gasteiger partial charge in [-0.2, -0.15) is 5.26 Å². The zero-order chi connectivity index (χ0) is 9.97. The minimum atomic E-state index is 0.304. The highest BCUT2D eigenvalue weighted by molar-refractivity contribution is 4.98. The van der Waals surface area contributed by atoms with E-state index in [4.69, 9.17) is 5.26 Å². The average molecular weight is 193 g/mol. The van der Waals surface area contributed by atoms with Crippen LogP contribution in [-0.4, -0.2) is 49.1 Å². The summed E-state index contributed by atoms with van der Waals surface area (Å²) in [5.41, 5.74) is 0. The lowest BCUT2D eigenvalue weighted by atomic mass is 10.0. The van der Waals surface area contributed by atoms with Crippen LogP contribution in [0.1, 0.15) is 19.3 Å². The molecule has 3 nitrogen and oxygen atoms in total. The van der Waals surface area contributed by atoms with E-state index in [-0.39, 0.29) is 0 Å². The van der Waals surface area contributed by atoms with Gasteiger partial charge in [0.2, 0.25) is 0 Å². The van der Waals surface area contributed by atoms with Crippen LogP contribution in [0.3, 0.4) is 0 Å². The number of likely N-dealkylation sites (N-methyl/N-ethyl adjacent to an activating group) is 1. The van der Waals surface area contributed by atoms with Gasteiger partial charge in [-0.25, -0.2) is 0 Å². The van der Waals surface area contributed by atoms with Crippen molar-refractivity contribution in [3.8, 4) is 6.07 Å². The minimum absolute atomic E-state index is 0.304. The van der Waals surface area contributed by atoms with E-state index < -0.39 is 0 Å². The summed E-state index contributed by atoms with van der Waals surface area (Å²) in [6.07, 6.45) is 3.60. The van der Waals surface area contributed by atoms with Gasteiger partial charge >= 0.3 is 0 Å². The Balaban J connectivity index is 1.92. The maximum Gasteiger partial charge on any atom is 0.0672 e. The molecule has 0 aromatic heterocycles. The van der Waals surface area contributed by atoms with Gasteiger partial charge in [0.25, 0.3) is 0 Å². The Labute approximate surface area is 86.3 Å². The van der Waals surface area contributed by atoms with Crippen molar-refractivity contribution in [3.05, 3.63) is 0 Å². The number of nitrogens with zero attached hydrogens (tertiary/aromatic N) is 3. The molecular formula is C11H19N3. The average Bonchev–Trinajstić information content (AvgIpc) is 2.67. The molecule has 1 aliphatic heterocycles. The lowest BCUT2D eigenvalue weighted by Crippen LogP contribution is -2.49. The molecule has 3 heteroatoms. The highest BCUT2D eigenvalue weighted by Crippen LogP contribution is 2.29. The van der Waals surface area contributed by atoms with Gasteiger partial charge in [-0.05, 0) is 19.9 Å². The second kappa shape index (κ2) is 4.29. The largest absolute Gasteiger partial charge is 0.304 e. The molecule has 14 heavy (non-hydrogen) atoms. The van der Waals surface area contributed by atoms with E-state index in [9.17, 15) is 0 Å². The molecule has 0 spiro atoms. The summed E-state index contributed by atoms with van der Waals surface area (Å²) in [7, 11) is 2.17. The highest BCUT2D eigenvalue weighted by Gasteiger charge is 2.33. The maximum absolute atomic E-state index is 9.03. The van der Waals surface area contributed by atoms with Crippen molar-refractivity contribution >= 4 is 0 Å². The predicted octanol–water partition coefficient (Wildman–Crippen LogP) is 0.926. The van der Waals surface area contributed by atoms with E-state index in [0.717, 1.165) is 32.6 Å². The first-order valence-electron chi connectivity index (χ1n) is 5.63.